The topological polar surface area (TPSA) is 191 Å². The Morgan fingerprint density at radius 1 is 0.554 bits per heavy atom. The number of carboxylic acid groups (broad SMARTS) is 2. The van der Waals surface area contributed by atoms with Gasteiger partial charge in [-0.3, -0.25) is 29.8 Å². The molecule has 4 aromatic carbocycles. The third kappa shape index (κ3) is 14.7. The van der Waals surface area contributed by atoms with E-state index < -0.39 is 21.3 Å². The van der Waals surface area contributed by atoms with Crippen LogP contribution in [0.3, 0.4) is 0 Å². The summed E-state index contributed by atoms with van der Waals surface area (Å²) < 4.78 is 10.6. The van der Waals surface area contributed by atoms with Crippen LogP contribution in [0.1, 0.15) is 22.3 Å². The molecule has 0 spiro atoms. The molecule has 4 amide bonds. The predicted molar refractivity (Wildman–Crippen MR) is 206 cm³/mol. The summed E-state index contributed by atoms with van der Waals surface area (Å²) in [6, 6.07) is 28.7. The van der Waals surface area contributed by atoms with E-state index >= 15 is 0 Å². The second-order valence-electron chi connectivity index (χ2n) is 11.6. The van der Waals surface area contributed by atoms with Crippen molar-refractivity contribution in [1.29, 1.82) is 0 Å². The van der Waals surface area contributed by atoms with Gasteiger partial charge in [-0.15, -0.1) is 0 Å². The van der Waals surface area contributed by atoms with Gasteiger partial charge in [0.25, 0.3) is 22.3 Å². The van der Waals surface area contributed by atoms with Crippen LogP contribution in [0, 0.1) is 0 Å². The molecule has 0 radical (unpaired) electrons. The van der Waals surface area contributed by atoms with Crippen LogP contribution in [-0.2, 0) is 32.0 Å². The number of ether oxygens (including phenoxy) is 2. The number of carbonyl (C=O) groups excluding carboxylic acids is 6. The fraction of sp³-hybridized carbons (Fsp3) is 0.105. The maximum absolute atomic E-state index is 11.5. The van der Waals surface area contributed by atoms with Crippen molar-refractivity contribution in [3.8, 4) is 23.0 Å². The van der Waals surface area contributed by atoms with E-state index in [-0.39, 0.29) is 81.4 Å². The Morgan fingerprint density at radius 3 is 1.09 bits per heavy atom. The first kappa shape index (κ1) is 47.4. The van der Waals surface area contributed by atoms with Crippen LogP contribution in [0.5, 0.6) is 23.0 Å². The van der Waals surface area contributed by atoms with Gasteiger partial charge < -0.3 is 0 Å². The molecule has 12 nitrogen and oxygen atoms in total. The molecule has 276 valence electrons. The predicted octanol–water partition coefficient (Wildman–Crippen LogP) is -2.96. The average Bonchev–Trinajstić information content (AvgIpc) is 3.64. The third-order valence-corrected chi connectivity index (χ3v) is 11.2. The van der Waals surface area contributed by atoms with Gasteiger partial charge in [0.1, 0.15) is 0 Å². The molecular formula is C38H30As2N2Na2O10S2. The van der Waals surface area contributed by atoms with E-state index in [1.807, 2.05) is 24.3 Å². The summed E-state index contributed by atoms with van der Waals surface area (Å²) in [5, 5.41) is 25.3. The molecule has 0 bridgehead atoms. The summed E-state index contributed by atoms with van der Waals surface area (Å²) in [7, 11) is 0. The summed E-state index contributed by atoms with van der Waals surface area (Å²) >= 11 is 4.01. The second-order valence-corrected chi connectivity index (χ2v) is 17.0. The molecule has 0 aromatic heterocycles. The van der Waals surface area contributed by atoms with Gasteiger partial charge in [-0.05, 0) is 23.5 Å². The van der Waals surface area contributed by atoms with Gasteiger partial charge in [0.2, 0.25) is 0 Å². The van der Waals surface area contributed by atoms with Gasteiger partial charge in [-0.1, -0.05) is 0 Å². The van der Waals surface area contributed by atoms with Gasteiger partial charge in [0, 0.05) is 0 Å². The number of amides is 4. The molecule has 0 aliphatic carbocycles. The largest absolute Gasteiger partial charge is 1.00 e. The SMILES string of the molecule is O=C1NC(=O)C(=Cc2ccc(Oc3ccc(C[C@H]([AsH2])C(=O)[O-])cc3)cc2)S1.O=C1NC(=O)C(=Cc2ccc(Oc3ccc(C[C@H]([AsH2])C(=O)[O-])cc3)cc2)S1.[Na+].[Na+]. The molecule has 2 heterocycles. The van der Waals surface area contributed by atoms with E-state index in [0.29, 0.717) is 45.6 Å². The summed E-state index contributed by atoms with van der Waals surface area (Å²) in [5.74, 6) is -0.349. The molecule has 2 unspecified atom stereocenters. The van der Waals surface area contributed by atoms with Crippen molar-refractivity contribution in [2.45, 2.75) is 22.3 Å². The van der Waals surface area contributed by atoms with Crippen molar-refractivity contribution < 1.29 is 108 Å². The molecule has 4 atom stereocenters. The fourth-order valence-electron chi connectivity index (χ4n) is 4.74. The second kappa shape index (κ2) is 22.8. The number of nitrogens with one attached hydrogen (secondary N) is 2. The first-order valence-electron chi connectivity index (χ1n) is 16.0. The molecule has 0 saturated carbocycles. The molecule has 2 N–H and O–H groups in total. The first-order valence-corrected chi connectivity index (χ1v) is 20.4. The molecule has 2 aliphatic rings. The van der Waals surface area contributed by atoms with Gasteiger partial charge in [-0.2, -0.15) is 0 Å². The Balaban J connectivity index is 0.000000290. The van der Waals surface area contributed by atoms with Crippen LogP contribution < -0.4 is 89.4 Å². The standard InChI is InChI=1S/2C19H16AsNO5S.2Na/c2*20-15(18(23)24)9-11-1-5-13(6-2-11)26-14-7-3-12(4-8-14)10-16-17(22)21-19(25)27-16;;/h2*1-8,10,15H,9,20H2,(H,23,24)(H,21,22,25);;/q;;2*+1/p-2/t2*15-;;/m00../s1. The normalized spacial score (nSPS) is 15.7. The maximum Gasteiger partial charge on any atom is 1.00 e. The zero-order valence-electron chi connectivity index (χ0n) is 30.0. The number of rotatable bonds is 12. The summed E-state index contributed by atoms with van der Waals surface area (Å²) in [6.07, 6.45) is 4.15. The van der Waals surface area contributed by atoms with Gasteiger partial charge in [-0.25, -0.2) is 0 Å². The Bertz CT molecular complexity index is 1980. The van der Waals surface area contributed by atoms with E-state index in [0.717, 1.165) is 79.5 Å². The molecule has 6 rings (SSSR count). The van der Waals surface area contributed by atoms with Crippen LogP contribution in [0.4, 0.5) is 9.59 Å². The van der Waals surface area contributed by atoms with E-state index in [1.165, 1.54) is 0 Å². The molecule has 2 saturated heterocycles. The monoisotopic (exact) mass is 934 g/mol. The minimum atomic E-state index is -1.04. The number of imide groups is 2. The van der Waals surface area contributed by atoms with Gasteiger partial charge >= 0.3 is 311 Å². The number of carboxylic acids is 2. The number of thioether (sulfide) groups is 2. The van der Waals surface area contributed by atoms with Crippen LogP contribution in [0.25, 0.3) is 12.2 Å². The summed E-state index contributed by atoms with van der Waals surface area (Å²) in [4.78, 5) is 67.8. The number of benzene rings is 4. The van der Waals surface area contributed by atoms with Crippen molar-refractivity contribution in [1.82, 2.24) is 10.6 Å². The van der Waals surface area contributed by atoms with Crippen molar-refractivity contribution in [2.24, 2.45) is 0 Å². The third-order valence-electron chi connectivity index (χ3n) is 7.47. The van der Waals surface area contributed by atoms with E-state index in [9.17, 15) is 39.0 Å². The number of aliphatic carboxylic acids is 2. The van der Waals surface area contributed by atoms with E-state index in [1.54, 1.807) is 84.9 Å². The Morgan fingerprint density at radius 2 is 0.839 bits per heavy atom. The minimum Gasteiger partial charge on any atom is -0.0224 e. The van der Waals surface area contributed by atoms with Gasteiger partial charge in [0.05, 0.1) is 9.81 Å². The Hall–Kier alpha value is -3.00. The van der Waals surface area contributed by atoms with Gasteiger partial charge in [0.15, 0.2) is 0 Å². The van der Waals surface area contributed by atoms with Crippen LogP contribution in [0.15, 0.2) is 107 Å². The van der Waals surface area contributed by atoms with Crippen molar-refractivity contribution >= 4 is 104 Å². The summed E-state index contributed by atoms with van der Waals surface area (Å²) in [6.45, 7) is 0. The molecular weight excluding hydrogens is 904 g/mol. The number of hydrogen-bond donors (Lipinski definition) is 2. The fourth-order valence-corrected chi connectivity index (χ4v) is 7.25. The molecule has 18 heteroatoms. The quantitative estimate of drug-likeness (QED) is 0.109. The number of carbonyl (C=O) groups is 6. The minimum absolute atomic E-state index is 0. The molecule has 2 fully saturated rings. The van der Waals surface area contributed by atoms with Crippen molar-refractivity contribution in [2.75, 3.05) is 0 Å². The molecule has 2 aliphatic heterocycles. The molecule has 56 heavy (non-hydrogen) atoms. The summed E-state index contributed by atoms with van der Waals surface area (Å²) in [5.41, 5.74) is 3.38. The first-order chi connectivity index (χ1) is 25.8. The average molecular weight is 935 g/mol. The van der Waals surface area contributed by atoms with Crippen LogP contribution >= 0.6 is 23.5 Å². The molecule has 4 aromatic rings. The Labute approximate surface area is 392 Å². The smallest absolute Gasteiger partial charge is 0.0224 e. The van der Waals surface area contributed by atoms with Crippen molar-refractivity contribution in [3.63, 3.8) is 0 Å². The number of hydrogen-bond acceptors (Lipinski definition) is 12. The Kier molecular flexibility index (Phi) is 19.3. The van der Waals surface area contributed by atoms with E-state index in [4.69, 9.17) is 9.47 Å². The maximum atomic E-state index is 11.5. The zero-order chi connectivity index (χ0) is 38.8. The van der Waals surface area contributed by atoms with Crippen LogP contribution in [0.2, 0.25) is 9.41 Å². The zero-order valence-corrected chi connectivity index (χ0v) is 40.5. The van der Waals surface area contributed by atoms with Crippen LogP contribution in [-0.4, -0.2) is 67.9 Å². The van der Waals surface area contributed by atoms with Crippen molar-refractivity contribution in [3.05, 3.63) is 129 Å². The van der Waals surface area contributed by atoms with E-state index in [2.05, 4.69) is 10.6 Å².